The Morgan fingerprint density at radius 3 is 2.78 bits per heavy atom. The number of nitrogens with zero attached hydrogens (tertiary/aromatic N) is 2. The quantitative estimate of drug-likeness (QED) is 0.623. The van der Waals surface area contributed by atoms with Crippen LogP contribution in [-0.2, 0) is 17.8 Å². The molecule has 23 heavy (non-hydrogen) atoms. The Balaban J connectivity index is 1.90. The first-order valence-electron chi connectivity index (χ1n) is 7.27. The number of thiophene rings is 1. The average Bonchev–Trinajstić information content (AvgIpc) is 2.96. The maximum absolute atomic E-state index is 12.1. The largest absolute Gasteiger partial charge is 0.325 e. The van der Waals surface area contributed by atoms with Crippen molar-refractivity contribution in [2.45, 2.75) is 19.9 Å². The van der Waals surface area contributed by atoms with Gasteiger partial charge in [0, 0.05) is 23.7 Å². The number of nitro groups is 1. The third kappa shape index (κ3) is 4.87. The van der Waals surface area contributed by atoms with Crippen LogP contribution in [0.4, 0.5) is 10.7 Å². The number of amides is 1. The lowest BCUT2D eigenvalue weighted by Crippen LogP contribution is -2.30. The van der Waals surface area contributed by atoms with E-state index in [9.17, 15) is 14.9 Å². The van der Waals surface area contributed by atoms with Gasteiger partial charge in [-0.15, -0.1) is 0 Å². The van der Waals surface area contributed by atoms with Gasteiger partial charge in [0.2, 0.25) is 5.91 Å². The van der Waals surface area contributed by atoms with Gasteiger partial charge in [0.25, 0.3) is 0 Å². The number of carbonyl (C=O) groups is 1. The summed E-state index contributed by atoms with van der Waals surface area (Å²) in [5, 5.41) is 15.5. The molecular formula is C16H19N3O3S. The molecule has 0 aliphatic heterocycles. The number of hydrogen-bond acceptors (Lipinski definition) is 5. The third-order valence-corrected chi connectivity index (χ3v) is 4.29. The molecule has 2 rings (SSSR count). The number of carbonyl (C=O) groups excluding carboxylic acids is 1. The van der Waals surface area contributed by atoms with Crippen LogP contribution in [0.1, 0.15) is 18.1 Å². The summed E-state index contributed by atoms with van der Waals surface area (Å²) >= 11 is 1.10. The fourth-order valence-corrected chi connectivity index (χ4v) is 3.01. The second kappa shape index (κ2) is 7.85. The first-order valence-corrected chi connectivity index (χ1v) is 8.15. The molecule has 1 heterocycles. The van der Waals surface area contributed by atoms with E-state index in [0.717, 1.165) is 34.6 Å². The molecule has 0 bridgehead atoms. The van der Waals surface area contributed by atoms with E-state index in [-0.39, 0.29) is 17.5 Å². The Morgan fingerprint density at radius 1 is 1.39 bits per heavy atom. The molecule has 0 unspecified atom stereocenters. The zero-order chi connectivity index (χ0) is 16.8. The van der Waals surface area contributed by atoms with Gasteiger partial charge in [0.15, 0.2) is 0 Å². The number of hydrogen-bond donors (Lipinski definition) is 1. The van der Waals surface area contributed by atoms with Crippen LogP contribution >= 0.6 is 11.3 Å². The van der Waals surface area contributed by atoms with E-state index < -0.39 is 4.92 Å². The van der Waals surface area contributed by atoms with Gasteiger partial charge in [-0.05, 0) is 30.7 Å². The molecule has 0 atom stereocenters. The molecule has 0 saturated heterocycles. The summed E-state index contributed by atoms with van der Waals surface area (Å²) in [7, 11) is 1.81. The number of anilines is 1. The molecule has 122 valence electrons. The minimum atomic E-state index is -0.400. The molecule has 1 amide bonds. The van der Waals surface area contributed by atoms with Crippen LogP contribution in [0.25, 0.3) is 0 Å². The van der Waals surface area contributed by atoms with Gasteiger partial charge in [-0.25, -0.2) is 0 Å². The Kier molecular flexibility index (Phi) is 5.84. The number of nitrogens with one attached hydrogen (secondary N) is 1. The standard InChI is InChI=1S/C16H19N3O3S/c1-3-13-6-4-5-7-14(13)17-15(20)10-18(2)9-12-8-16(19(21)22)23-11-12/h4-8,11H,3,9-10H2,1-2H3,(H,17,20). The van der Waals surface area contributed by atoms with Crippen molar-refractivity contribution in [1.29, 1.82) is 0 Å². The van der Waals surface area contributed by atoms with Crippen LogP contribution in [0.3, 0.4) is 0 Å². The predicted molar refractivity (Wildman–Crippen MR) is 91.8 cm³/mol. The third-order valence-electron chi connectivity index (χ3n) is 3.36. The fourth-order valence-electron chi connectivity index (χ4n) is 2.29. The van der Waals surface area contributed by atoms with Crippen molar-refractivity contribution in [3.8, 4) is 0 Å². The molecule has 0 fully saturated rings. The first-order chi connectivity index (χ1) is 11.0. The molecule has 0 spiro atoms. The van der Waals surface area contributed by atoms with Crippen molar-refractivity contribution in [3.63, 3.8) is 0 Å². The Hall–Kier alpha value is -2.25. The molecule has 1 aromatic carbocycles. The molecule has 2 aromatic rings. The molecule has 7 heteroatoms. The molecule has 0 aliphatic rings. The Labute approximate surface area is 138 Å². The molecule has 1 N–H and O–H groups in total. The van der Waals surface area contributed by atoms with Crippen molar-refractivity contribution >= 4 is 27.9 Å². The van der Waals surface area contributed by atoms with Crippen LogP contribution < -0.4 is 5.32 Å². The number of rotatable bonds is 7. The SMILES string of the molecule is CCc1ccccc1NC(=O)CN(C)Cc1csc([N+](=O)[O-])c1. The van der Waals surface area contributed by atoms with E-state index in [1.165, 1.54) is 0 Å². The first kappa shape index (κ1) is 17.1. The van der Waals surface area contributed by atoms with Gasteiger partial charge in [-0.1, -0.05) is 36.5 Å². The van der Waals surface area contributed by atoms with Crippen molar-refractivity contribution in [2.24, 2.45) is 0 Å². The van der Waals surface area contributed by atoms with Crippen LogP contribution in [0.2, 0.25) is 0 Å². The van der Waals surface area contributed by atoms with Crippen molar-refractivity contribution in [3.05, 3.63) is 57.0 Å². The molecule has 1 aromatic heterocycles. The zero-order valence-corrected chi connectivity index (χ0v) is 13.9. The highest BCUT2D eigenvalue weighted by molar-refractivity contribution is 7.13. The monoisotopic (exact) mass is 333 g/mol. The van der Waals surface area contributed by atoms with E-state index in [1.54, 1.807) is 11.4 Å². The maximum Gasteiger partial charge on any atom is 0.324 e. The van der Waals surface area contributed by atoms with Crippen LogP contribution in [-0.4, -0.2) is 29.3 Å². The van der Waals surface area contributed by atoms with E-state index >= 15 is 0 Å². The minimum Gasteiger partial charge on any atom is -0.325 e. The summed E-state index contributed by atoms with van der Waals surface area (Å²) in [5.74, 6) is -0.0990. The average molecular weight is 333 g/mol. The highest BCUT2D eigenvalue weighted by Crippen LogP contribution is 2.23. The highest BCUT2D eigenvalue weighted by Gasteiger charge is 2.13. The summed E-state index contributed by atoms with van der Waals surface area (Å²) in [6.07, 6.45) is 0.852. The van der Waals surface area contributed by atoms with E-state index in [1.807, 2.05) is 43.1 Å². The topological polar surface area (TPSA) is 75.5 Å². The molecule has 0 radical (unpaired) electrons. The molecule has 0 aliphatic carbocycles. The Bertz CT molecular complexity index is 699. The smallest absolute Gasteiger partial charge is 0.324 e. The van der Waals surface area contributed by atoms with Gasteiger partial charge in [0.05, 0.1) is 11.5 Å². The normalized spacial score (nSPS) is 10.7. The molecular weight excluding hydrogens is 314 g/mol. The van der Waals surface area contributed by atoms with Gasteiger partial charge < -0.3 is 5.32 Å². The molecule has 0 saturated carbocycles. The summed E-state index contributed by atoms with van der Waals surface area (Å²) in [4.78, 5) is 24.2. The van der Waals surface area contributed by atoms with Gasteiger partial charge in [0.1, 0.15) is 0 Å². The number of aryl methyl sites for hydroxylation is 1. The van der Waals surface area contributed by atoms with Crippen LogP contribution in [0.5, 0.6) is 0 Å². The second-order valence-corrected chi connectivity index (χ2v) is 6.17. The number of likely N-dealkylation sites (N-methyl/N-ethyl adjacent to an activating group) is 1. The van der Waals surface area contributed by atoms with Crippen molar-refractivity contribution in [1.82, 2.24) is 4.90 Å². The lowest BCUT2D eigenvalue weighted by molar-refractivity contribution is -0.380. The lowest BCUT2D eigenvalue weighted by atomic mass is 10.1. The summed E-state index contributed by atoms with van der Waals surface area (Å²) in [6, 6.07) is 9.27. The minimum absolute atomic E-state index is 0.0990. The summed E-state index contributed by atoms with van der Waals surface area (Å²) < 4.78 is 0. The van der Waals surface area contributed by atoms with Crippen LogP contribution in [0, 0.1) is 10.1 Å². The van der Waals surface area contributed by atoms with E-state index in [2.05, 4.69) is 5.32 Å². The summed E-state index contributed by atoms with van der Waals surface area (Å²) in [5.41, 5.74) is 2.77. The highest BCUT2D eigenvalue weighted by atomic mass is 32.1. The summed E-state index contributed by atoms with van der Waals surface area (Å²) in [6.45, 7) is 2.76. The van der Waals surface area contributed by atoms with Crippen molar-refractivity contribution in [2.75, 3.05) is 18.9 Å². The van der Waals surface area contributed by atoms with Gasteiger partial charge in [-0.2, -0.15) is 0 Å². The fraction of sp³-hybridized carbons (Fsp3) is 0.312. The Morgan fingerprint density at radius 2 is 2.13 bits per heavy atom. The zero-order valence-electron chi connectivity index (χ0n) is 13.1. The second-order valence-electron chi connectivity index (χ2n) is 5.28. The van der Waals surface area contributed by atoms with Crippen molar-refractivity contribution < 1.29 is 9.72 Å². The predicted octanol–water partition coefficient (Wildman–Crippen LogP) is 3.29. The maximum atomic E-state index is 12.1. The molecule has 6 nitrogen and oxygen atoms in total. The van der Waals surface area contributed by atoms with E-state index in [0.29, 0.717) is 6.54 Å². The van der Waals surface area contributed by atoms with Gasteiger partial charge >= 0.3 is 5.00 Å². The number of para-hydroxylation sites is 1. The lowest BCUT2D eigenvalue weighted by Gasteiger charge is -2.16. The van der Waals surface area contributed by atoms with Crippen LogP contribution in [0.15, 0.2) is 35.7 Å². The van der Waals surface area contributed by atoms with Gasteiger partial charge in [-0.3, -0.25) is 19.8 Å². The van der Waals surface area contributed by atoms with E-state index in [4.69, 9.17) is 0 Å². The number of benzene rings is 1.